The third kappa shape index (κ3) is 6.17. The first kappa shape index (κ1) is 13.1. The Labute approximate surface area is 83.6 Å². The van der Waals surface area contributed by atoms with Gasteiger partial charge in [0.25, 0.3) is 0 Å². The molecule has 0 saturated heterocycles. The van der Waals surface area contributed by atoms with Gasteiger partial charge in [0.1, 0.15) is 0 Å². The summed E-state index contributed by atoms with van der Waals surface area (Å²) < 4.78 is 10.7. The van der Waals surface area contributed by atoms with Gasteiger partial charge >= 0.3 is 0 Å². The molecule has 3 N–H and O–H groups in total. The van der Waals surface area contributed by atoms with Gasteiger partial charge in [-0.3, -0.25) is 5.32 Å². The second kappa shape index (κ2) is 6.50. The molecule has 5 heteroatoms. The molecule has 1 unspecified atom stereocenters. The van der Waals surface area contributed by atoms with Gasteiger partial charge in [-0.2, -0.15) is 0 Å². The van der Waals surface area contributed by atoms with Crippen molar-refractivity contribution in [3.63, 3.8) is 0 Å². The van der Waals surface area contributed by atoms with Crippen molar-refractivity contribution >= 4 is 10.2 Å². The first-order valence-corrected chi connectivity index (χ1v) is 5.76. The number of nitrogens with two attached hydrogens (primary N) is 1. The molecule has 0 aliphatic heterocycles. The molecule has 4 nitrogen and oxygen atoms in total. The first-order valence-electron chi connectivity index (χ1n) is 4.76. The Morgan fingerprint density at radius 3 is 2.15 bits per heavy atom. The Kier molecular flexibility index (Phi) is 6.53. The van der Waals surface area contributed by atoms with Crippen LogP contribution in [0.4, 0.5) is 0 Å². The molecule has 1 atom stereocenters. The molecule has 0 aliphatic rings. The lowest BCUT2D eigenvalue weighted by atomic mass is 10.3. The summed E-state index contributed by atoms with van der Waals surface area (Å²) in [7, 11) is 0.965. The predicted octanol–water partition coefficient (Wildman–Crippen LogP) is -1.03. The van der Waals surface area contributed by atoms with Crippen LogP contribution < -0.4 is 11.1 Å². The average Bonchev–Trinajstić information content (AvgIpc) is 2.05. The van der Waals surface area contributed by atoms with E-state index in [2.05, 4.69) is 12.2 Å². The van der Waals surface area contributed by atoms with Gasteiger partial charge in [0.15, 0.2) is 0 Å². The van der Waals surface area contributed by atoms with Crippen LogP contribution in [0.25, 0.3) is 0 Å². The van der Waals surface area contributed by atoms with Crippen molar-refractivity contribution in [2.45, 2.75) is 32.3 Å². The zero-order chi connectivity index (χ0) is 10.3. The topological polar surface area (TPSA) is 56.5 Å². The van der Waals surface area contributed by atoms with Gasteiger partial charge in [0.2, 0.25) is 6.41 Å². The van der Waals surface area contributed by atoms with E-state index < -0.39 is 0 Å². The van der Waals surface area contributed by atoms with Gasteiger partial charge < -0.3 is 15.2 Å². The van der Waals surface area contributed by atoms with E-state index in [-0.39, 0.29) is 11.6 Å². The van der Waals surface area contributed by atoms with Crippen molar-refractivity contribution in [1.82, 2.24) is 5.32 Å². The van der Waals surface area contributed by atoms with Crippen molar-refractivity contribution in [3.05, 3.63) is 0 Å². The van der Waals surface area contributed by atoms with Crippen LogP contribution in [0.15, 0.2) is 0 Å². The Bertz CT molecular complexity index is 127. The van der Waals surface area contributed by atoms with E-state index >= 15 is 0 Å². The van der Waals surface area contributed by atoms with Crippen LogP contribution in [-0.2, 0) is 9.47 Å². The first-order chi connectivity index (χ1) is 6.05. The van der Waals surface area contributed by atoms with E-state index in [0.29, 0.717) is 19.8 Å². The minimum Gasteiger partial charge on any atom is -0.340 e. The Morgan fingerprint density at radius 1 is 1.38 bits per heavy atom. The highest BCUT2D eigenvalue weighted by Crippen LogP contribution is 1.99. The summed E-state index contributed by atoms with van der Waals surface area (Å²) in [5, 5.41) is 3.22. The molecular formula is C8H22N2O2Si. The fourth-order valence-corrected chi connectivity index (χ4v) is 1.05. The predicted molar refractivity (Wildman–Crippen MR) is 57.6 cm³/mol. The van der Waals surface area contributed by atoms with Gasteiger partial charge in [-0.05, 0) is 20.8 Å². The lowest BCUT2D eigenvalue weighted by molar-refractivity contribution is -0.161. The molecule has 0 aromatic rings. The van der Waals surface area contributed by atoms with Crippen molar-refractivity contribution in [1.29, 1.82) is 0 Å². The molecule has 0 bridgehead atoms. The van der Waals surface area contributed by atoms with Crippen LogP contribution in [0, 0.1) is 0 Å². The summed E-state index contributed by atoms with van der Waals surface area (Å²) >= 11 is 0. The lowest BCUT2D eigenvalue weighted by Gasteiger charge is -2.30. The fourth-order valence-electron chi connectivity index (χ4n) is 0.812. The third-order valence-electron chi connectivity index (χ3n) is 1.65. The number of nitrogens with one attached hydrogen (secondary N) is 1. The number of rotatable bonds is 7. The highest BCUT2D eigenvalue weighted by molar-refractivity contribution is 6.15. The molecule has 0 heterocycles. The van der Waals surface area contributed by atoms with Crippen molar-refractivity contribution in [2.75, 3.05) is 19.8 Å². The highest BCUT2D eigenvalue weighted by Gasteiger charge is 2.20. The average molecular weight is 206 g/mol. The van der Waals surface area contributed by atoms with Crippen LogP contribution in [-0.4, -0.2) is 41.6 Å². The Hall–Kier alpha value is 0.0569. The van der Waals surface area contributed by atoms with E-state index in [9.17, 15) is 0 Å². The minimum atomic E-state index is -0.318. The van der Waals surface area contributed by atoms with Crippen LogP contribution in [0.1, 0.15) is 20.8 Å². The van der Waals surface area contributed by atoms with Crippen LogP contribution >= 0.6 is 0 Å². The van der Waals surface area contributed by atoms with E-state index in [1.54, 1.807) is 0 Å². The summed E-state index contributed by atoms with van der Waals surface area (Å²) in [4.78, 5) is 0. The minimum absolute atomic E-state index is 0.0188. The highest BCUT2D eigenvalue weighted by atomic mass is 28.1. The summed E-state index contributed by atoms with van der Waals surface area (Å²) in [6, 6.07) is 0. The summed E-state index contributed by atoms with van der Waals surface area (Å²) in [6.07, 6.45) is -0.318. The van der Waals surface area contributed by atoms with Crippen molar-refractivity contribution < 1.29 is 9.47 Å². The van der Waals surface area contributed by atoms with E-state index in [4.69, 9.17) is 15.2 Å². The SMILES string of the molecule is CCOC(NC(C)([SiH3])CN)OCC. The van der Waals surface area contributed by atoms with Crippen LogP contribution in [0.3, 0.4) is 0 Å². The maximum Gasteiger partial charge on any atom is 0.216 e. The van der Waals surface area contributed by atoms with E-state index in [1.165, 1.54) is 0 Å². The van der Waals surface area contributed by atoms with E-state index in [0.717, 1.165) is 10.2 Å². The normalized spacial score (nSPS) is 16.4. The van der Waals surface area contributed by atoms with Gasteiger partial charge in [-0.1, -0.05) is 0 Å². The van der Waals surface area contributed by atoms with Crippen molar-refractivity contribution in [2.24, 2.45) is 5.73 Å². The molecule has 0 aliphatic carbocycles. The maximum absolute atomic E-state index is 5.61. The molecule has 0 aromatic heterocycles. The second-order valence-electron chi connectivity index (χ2n) is 3.47. The fraction of sp³-hybridized carbons (Fsp3) is 1.00. The number of hydrogen-bond donors (Lipinski definition) is 2. The lowest BCUT2D eigenvalue weighted by Crippen LogP contribution is -2.55. The van der Waals surface area contributed by atoms with Gasteiger partial charge in [0, 0.05) is 35.2 Å². The quantitative estimate of drug-likeness (QED) is 0.413. The molecule has 0 radical (unpaired) electrons. The standard InChI is InChI=1S/C8H22N2O2Si/c1-4-11-7(12-5-2)10-8(3,13)6-9/h7,10H,4-6,9H2,1-3,13H3. The molecule has 0 spiro atoms. The molecule has 0 saturated carbocycles. The van der Waals surface area contributed by atoms with Gasteiger partial charge in [-0.25, -0.2) is 0 Å². The monoisotopic (exact) mass is 206 g/mol. The summed E-state index contributed by atoms with van der Waals surface area (Å²) in [6.45, 7) is 7.85. The molecule has 13 heavy (non-hydrogen) atoms. The largest absolute Gasteiger partial charge is 0.340 e. The molecule has 0 rings (SSSR count). The zero-order valence-electron chi connectivity index (χ0n) is 9.09. The molecular weight excluding hydrogens is 184 g/mol. The Morgan fingerprint density at radius 2 is 1.85 bits per heavy atom. The van der Waals surface area contributed by atoms with Gasteiger partial charge in [0.05, 0.1) is 0 Å². The molecule has 0 aromatic carbocycles. The molecule has 80 valence electrons. The molecule has 0 fully saturated rings. The summed E-state index contributed by atoms with van der Waals surface area (Å²) in [5.74, 6) is 0. The summed E-state index contributed by atoms with van der Waals surface area (Å²) in [5.41, 5.74) is 5.61. The number of hydrogen-bond acceptors (Lipinski definition) is 4. The van der Waals surface area contributed by atoms with Gasteiger partial charge in [-0.15, -0.1) is 0 Å². The number of ether oxygens (including phenoxy) is 2. The smallest absolute Gasteiger partial charge is 0.216 e. The van der Waals surface area contributed by atoms with Crippen LogP contribution in [0.5, 0.6) is 0 Å². The Balaban J connectivity index is 3.92. The second-order valence-corrected chi connectivity index (χ2v) is 5.68. The van der Waals surface area contributed by atoms with E-state index in [1.807, 2.05) is 13.8 Å². The maximum atomic E-state index is 5.61. The van der Waals surface area contributed by atoms with Crippen LogP contribution in [0.2, 0.25) is 0 Å². The third-order valence-corrected chi connectivity index (χ3v) is 2.35. The van der Waals surface area contributed by atoms with Crippen molar-refractivity contribution in [3.8, 4) is 0 Å². The molecule has 0 amide bonds. The zero-order valence-corrected chi connectivity index (χ0v) is 11.1.